The van der Waals surface area contributed by atoms with Crippen LogP contribution >= 0.6 is 15.9 Å². The molecule has 0 amide bonds. The highest BCUT2D eigenvalue weighted by Gasteiger charge is 2.20. The van der Waals surface area contributed by atoms with E-state index in [1.165, 1.54) is 0 Å². The van der Waals surface area contributed by atoms with Crippen molar-refractivity contribution in [1.82, 2.24) is 0 Å². The maximum Gasteiger partial charge on any atom is 0.216 e. The number of nitrogens with two attached hydrogens (primary N) is 1. The molecule has 78 valence electrons. The van der Waals surface area contributed by atoms with E-state index >= 15 is 0 Å². The Morgan fingerprint density at radius 1 is 1.36 bits per heavy atom. The molecule has 0 aliphatic rings. The first-order valence-electron chi connectivity index (χ1n) is 4.22. The van der Waals surface area contributed by atoms with Gasteiger partial charge >= 0.3 is 0 Å². The zero-order chi connectivity index (χ0) is 10.8. The van der Waals surface area contributed by atoms with Gasteiger partial charge in [0, 0.05) is 4.47 Å². The van der Waals surface area contributed by atoms with Gasteiger partial charge in [-0.25, -0.2) is 13.6 Å². The summed E-state index contributed by atoms with van der Waals surface area (Å²) in [6.45, 7) is 1.80. The standard InChI is InChI=1S/C9H12BrNO2S/c1-2-9(14(11,12)13)7-3-5-8(10)6-4-7/h3-6,9H,2H2,1H3,(H2,11,12,13). The molecule has 5 heteroatoms. The highest BCUT2D eigenvalue weighted by Crippen LogP contribution is 2.24. The molecule has 0 fully saturated rings. The zero-order valence-corrected chi connectivity index (χ0v) is 10.2. The average Bonchev–Trinajstić information content (AvgIpc) is 2.07. The first-order chi connectivity index (χ1) is 6.45. The number of benzene rings is 1. The lowest BCUT2D eigenvalue weighted by Gasteiger charge is -2.12. The Labute approximate surface area is 92.5 Å². The van der Waals surface area contributed by atoms with Crippen LogP contribution in [0.5, 0.6) is 0 Å². The summed E-state index contributed by atoms with van der Waals surface area (Å²) in [5, 5.41) is 4.52. The third-order valence-electron chi connectivity index (χ3n) is 2.01. The van der Waals surface area contributed by atoms with Gasteiger partial charge in [0.2, 0.25) is 10.0 Å². The summed E-state index contributed by atoms with van der Waals surface area (Å²) in [4.78, 5) is 0. The van der Waals surface area contributed by atoms with Crippen molar-refractivity contribution < 1.29 is 8.42 Å². The van der Waals surface area contributed by atoms with Gasteiger partial charge in [-0.05, 0) is 24.1 Å². The third-order valence-corrected chi connectivity index (χ3v) is 3.94. The van der Waals surface area contributed by atoms with Gasteiger partial charge in [0.25, 0.3) is 0 Å². The topological polar surface area (TPSA) is 60.2 Å². The Balaban J connectivity index is 3.08. The van der Waals surface area contributed by atoms with Crippen molar-refractivity contribution in [2.24, 2.45) is 5.14 Å². The Hall–Kier alpha value is -0.390. The van der Waals surface area contributed by atoms with E-state index in [-0.39, 0.29) is 0 Å². The lowest BCUT2D eigenvalue weighted by Crippen LogP contribution is -2.21. The number of sulfonamides is 1. The molecule has 0 bridgehead atoms. The summed E-state index contributed by atoms with van der Waals surface area (Å²) in [5.41, 5.74) is 0.734. The molecule has 0 spiro atoms. The third kappa shape index (κ3) is 2.80. The minimum atomic E-state index is -3.50. The molecule has 1 unspecified atom stereocenters. The van der Waals surface area contributed by atoms with E-state index in [4.69, 9.17) is 5.14 Å². The second kappa shape index (κ2) is 4.42. The summed E-state index contributed by atoms with van der Waals surface area (Å²) in [7, 11) is -3.50. The smallest absolute Gasteiger partial charge is 0.216 e. The van der Waals surface area contributed by atoms with Crippen LogP contribution in [-0.4, -0.2) is 8.42 Å². The molecule has 1 rings (SSSR count). The van der Waals surface area contributed by atoms with E-state index in [2.05, 4.69) is 15.9 Å². The Morgan fingerprint density at radius 3 is 2.21 bits per heavy atom. The highest BCUT2D eigenvalue weighted by atomic mass is 79.9. The Morgan fingerprint density at radius 2 is 1.86 bits per heavy atom. The highest BCUT2D eigenvalue weighted by molar-refractivity contribution is 9.10. The van der Waals surface area contributed by atoms with Gasteiger partial charge in [-0.1, -0.05) is 35.0 Å². The second-order valence-electron chi connectivity index (χ2n) is 3.04. The number of hydrogen-bond acceptors (Lipinski definition) is 2. The fourth-order valence-electron chi connectivity index (χ4n) is 1.34. The molecule has 0 aliphatic carbocycles. The molecule has 3 nitrogen and oxygen atoms in total. The lowest BCUT2D eigenvalue weighted by molar-refractivity contribution is 0.581. The molecule has 2 N–H and O–H groups in total. The van der Waals surface area contributed by atoms with Gasteiger partial charge in [0.15, 0.2) is 0 Å². The zero-order valence-electron chi connectivity index (χ0n) is 7.77. The minimum absolute atomic E-state index is 0.487. The van der Waals surface area contributed by atoms with Crippen molar-refractivity contribution in [1.29, 1.82) is 0 Å². The van der Waals surface area contributed by atoms with Gasteiger partial charge in [-0.3, -0.25) is 0 Å². The van der Waals surface area contributed by atoms with E-state index in [0.717, 1.165) is 10.0 Å². The van der Waals surface area contributed by atoms with Crippen LogP contribution in [0, 0.1) is 0 Å². The molecule has 14 heavy (non-hydrogen) atoms. The summed E-state index contributed by atoms with van der Waals surface area (Å²) >= 11 is 3.29. The first kappa shape index (κ1) is 11.7. The maximum atomic E-state index is 11.2. The van der Waals surface area contributed by atoms with Crippen molar-refractivity contribution in [3.05, 3.63) is 34.3 Å². The number of primary sulfonamides is 1. The van der Waals surface area contributed by atoms with E-state index in [9.17, 15) is 8.42 Å². The molecule has 1 aromatic rings. The normalized spacial score (nSPS) is 13.9. The van der Waals surface area contributed by atoms with Crippen molar-refractivity contribution in [3.63, 3.8) is 0 Å². The van der Waals surface area contributed by atoms with E-state index in [1.54, 1.807) is 19.1 Å². The van der Waals surface area contributed by atoms with Gasteiger partial charge in [0.1, 0.15) is 0 Å². The van der Waals surface area contributed by atoms with Crippen LogP contribution in [-0.2, 0) is 10.0 Å². The Bertz CT molecular complexity index is 399. The van der Waals surface area contributed by atoms with E-state index in [1.807, 2.05) is 12.1 Å². The Kier molecular flexibility index (Phi) is 3.69. The van der Waals surface area contributed by atoms with Gasteiger partial charge < -0.3 is 0 Å². The van der Waals surface area contributed by atoms with Gasteiger partial charge in [-0.15, -0.1) is 0 Å². The largest absolute Gasteiger partial charge is 0.228 e. The predicted octanol–water partition coefficient (Wildman–Crippen LogP) is 2.19. The fourth-order valence-corrected chi connectivity index (χ4v) is 2.60. The van der Waals surface area contributed by atoms with Crippen molar-refractivity contribution >= 4 is 26.0 Å². The second-order valence-corrected chi connectivity index (χ2v) is 5.70. The molecule has 0 radical (unpaired) electrons. The molecule has 0 aromatic heterocycles. The summed E-state index contributed by atoms with van der Waals surface area (Å²) < 4.78 is 23.3. The predicted molar refractivity (Wildman–Crippen MR) is 60.3 cm³/mol. The molecule has 0 saturated heterocycles. The van der Waals surface area contributed by atoms with Crippen molar-refractivity contribution in [2.45, 2.75) is 18.6 Å². The van der Waals surface area contributed by atoms with Crippen LogP contribution in [0.1, 0.15) is 24.2 Å². The molecule has 0 saturated carbocycles. The quantitative estimate of drug-likeness (QED) is 0.921. The average molecular weight is 278 g/mol. The molecule has 0 heterocycles. The number of halogens is 1. The van der Waals surface area contributed by atoms with Crippen LogP contribution < -0.4 is 5.14 Å². The summed E-state index contributed by atoms with van der Waals surface area (Å²) in [6, 6.07) is 7.15. The molecular formula is C9H12BrNO2S. The minimum Gasteiger partial charge on any atom is -0.228 e. The van der Waals surface area contributed by atoms with Gasteiger partial charge in [-0.2, -0.15) is 0 Å². The van der Waals surface area contributed by atoms with E-state index < -0.39 is 15.3 Å². The van der Waals surface area contributed by atoms with E-state index in [0.29, 0.717) is 6.42 Å². The van der Waals surface area contributed by atoms with Crippen LogP contribution in [0.3, 0.4) is 0 Å². The SMILES string of the molecule is CCC(c1ccc(Br)cc1)S(N)(=O)=O. The molecule has 1 atom stereocenters. The summed E-state index contributed by atoms with van der Waals surface area (Å²) in [5.74, 6) is 0. The van der Waals surface area contributed by atoms with Crippen LogP contribution in [0.25, 0.3) is 0 Å². The number of hydrogen-bond donors (Lipinski definition) is 1. The number of rotatable bonds is 3. The van der Waals surface area contributed by atoms with Gasteiger partial charge in [0.05, 0.1) is 5.25 Å². The van der Waals surface area contributed by atoms with Crippen LogP contribution in [0.15, 0.2) is 28.7 Å². The monoisotopic (exact) mass is 277 g/mol. The van der Waals surface area contributed by atoms with Crippen molar-refractivity contribution in [2.75, 3.05) is 0 Å². The lowest BCUT2D eigenvalue weighted by atomic mass is 10.1. The molecular weight excluding hydrogens is 266 g/mol. The molecule has 1 aromatic carbocycles. The van der Waals surface area contributed by atoms with Crippen LogP contribution in [0.4, 0.5) is 0 Å². The summed E-state index contributed by atoms with van der Waals surface area (Å²) in [6.07, 6.45) is 0.487. The van der Waals surface area contributed by atoms with Crippen molar-refractivity contribution in [3.8, 4) is 0 Å². The maximum absolute atomic E-state index is 11.2. The fraction of sp³-hybridized carbons (Fsp3) is 0.333. The first-order valence-corrected chi connectivity index (χ1v) is 6.62. The van der Waals surface area contributed by atoms with Crippen LogP contribution in [0.2, 0.25) is 0 Å². The molecule has 0 aliphatic heterocycles.